The van der Waals surface area contributed by atoms with Crippen molar-refractivity contribution in [3.05, 3.63) is 100 Å². The third kappa shape index (κ3) is 8.94. The SMILES string of the molecule is CCCCCCCCCCCCOc1ccc(N2C=C(c3ccc(C)cc3C)C=C(c3ccc(C)cc3C)S2)c(O)c1. The van der Waals surface area contributed by atoms with Gasteiger partial charge in [0.2, 0.25) is 0 Å². The molecule has 0 saturated heterocycles. The number of hydrogen-bond acceptors (Lipinski definition) is 4. The molecule has 4 rings (SSSR count). The molecule has 0 amide bonds. The van der Waals surface area contributed by atoms with E-state index >= 15 is 0 Å². The number of phenols is 1. The Morgan fingerprint density at radius 2 is 1.29 bits per heavy atom. The summed E-state index contributed by atoms with van der Waals surface area (Å²) >= 11 is 1.64. The summed E-state index contributed by atoms with van der Waals surface area (Å²) in [7, 11) is 0. The van der Waals surface area contributed by atoms with Crippen LogP contribution in [0.25, 0.3) is 10.5 Å². The van der Waals surface area contributed by atoms with Gasteiger partial charge >= 0.3 is 0 Å². The quantitative estimate of drug-likeness (QED) is 0.142. The molecule has 0 saturated carbocycles. The molecule has 3 nitrogen and oxygen atoms in total. The lowest BCUT2D eigenvalue weighted by atomic mass is 9.97. The predicted octanol–water partition coefficient (Wildman–Crippen LogP) is 11.5. The van der Waals surface area contributed by atoms with Crippen LogP contribution in [0.3, 0.4) is 0 Å². The fraction of sp³-hybridized carbons (Fsp3) is 0.421. The van der Waals surface area contributed by atoms with Crippen LogP contribution in [-0.4, -0.2) is 11.7 Å². The lowest BCUT2D eigenvalue weighted by Crippen LogP contribution is -2.11. The first-order chi connectivity index (χ1) is 20.4. The van der Waals surface area contributed by atoms with Crippen molar-refractivity contribution in [1.29, 1.82) is 0 Å². The molecule has 0 bridgehead atoms. The third-order valence-electron chi connectivity index (χ3n) is 8.03. The molecular weight excluding hydrogens is 534 g/mol. The number of aromatic hydroxyl groups is 1. The van der Waals surface area contributed by atoms with Crippen LogP contribution in [0.4, 0.5) is 5.69 Å². The van der Waals surface area contributed by atoms with Crippen LogP contribution in [0.2, 0.25) is 0 Å². The smallest absolute Gasteiger partial charge is 0.143 e. The average molecular weight is 584 g/mol. The minimum absolute atomic E-state index is 0.223. The summed E-state index contributed by atoms with van der Waals surface area (Å²) in [6.07, 6.45) is 17.5. The lowest BCUT2D eigenvalue weighted by Gasteiger charge is -2.28. The maximum absolute atomic E-state index is 11.1. The highest BCUT2D eigenvalue weighted by Crippen LogP contribution is 2.46. The first-order valence-corrected chi connectivity index (χ1v) is 16.6. The highest BCUT2D eigenvalue weighted by atomic mass is 32.2. The molecule has 0 aliphatic carbocycles. The molecular formula is C38H49NO2S. The second kappa shape index (κ2) is 15.9. The zero-order valence-corrected chi connectivity index (χ0v) is 27.2. The fourth-order valence-corrected chi connectivity index (χ4v) is 6.78. The first kappa shape index (κ1) is 31.8. The molecule has 224 valence electrons. The molecule has 1 N–H and O–H groups in total. The van der Waals surface area contributed by atoms with Crippen molar-refractivity contribution in [2.75, 3.05) is 10.9 Å². The van der Waals surface area contributed by atoms with Gasteiger partial charge in [0, 0.05) is 22.7 Å². The van der Waals surface area contributed by atoms with Crippen molar-refractivity contribution in [1.82, 2.24) is 0 Å². The summed E-state index contributed by atoms with van der Waals surface area (Å²) in [4.78, 5) is 1.16. The van der Waals surface area contributed by atoms with Crippen molar-refractivity contribution in [3.8, 4) is 11.5 Å². The Balaban J connectivity index is 1.42. The zero-order valence-electron chi connectivity index (χ0n) is 26.3. The number of aryl methyl sites for hydroxylation is 4. The highest BCUT2D eigenvalue weighted by molar-refractivity contribution is 8.09. The molecule has 0 fully saturated rings. The normalized spacial score (nSPS) is 13.2. The molecule has 3 aromatic carbocycles. The highest BCUT2D eigenvalue weighted by Gasteiger charge is 2.22. The number of phenolic OH excluding ortho intramolecular Hbond substituents is 1. The molecule has 4 heteroatoms. The summed E-state index contributed by atoms with van der Waals surface area (Å²) in [5, 5.41) is 11.1. The van der Waals surface area contributed by atoms with E-state index in [1.54, 1.807) is 18.0 Å². The molecule has 1 aliphatic heterocycles. The number of rotatable bonds is 15. The van der Waals surface area contributed by atoms with Gasteiger partial charge in [0.25, 0.3) is 0 Å². The lowest BCUT2D eigenvalue weighted by molar-refractivity contribution is 0.302. The van der Waals surface area contributed by atoms with Crippen LogP contribution in [-0.2, 0) is 0 Å². The van der Waals surface area contributed by atoms with Gasteiger partial charge in [0.05, 0.1) is 12.3 Å². The van der Waals surface area contributed by atoms with Crippen molar-refractivity contribution in [2.24, 2.45) is 0 Å². The third-order valence-corrected chi connectivity index (χ3v) is 9.06. The number of allylic oxidation sites excluding steroid dienone is 2. The molecule has 0 spiro atoms. The van der Waals surface area contributed by atoms with E-state index in [1.807, 2.05) is 12.1 Å². The Labute approximate surface area is 258 Å². The predicted molar refractivity (Wildman–Crippen MR) is 183 cm³/mol. The molecule has 0 aromatic heterocycles. The van der Waals surface area contributed by atoms with Crippen LogP contribution in [0.1, 0.15) is 105 Å². The fourth-order valence-electron chi connectivity index (χ4n) is 5.64. The van der Waals surface area contributed by atoms with E-state index in [0.717, 1.165) is 28.3 Å². The molecule has 0 atom stereocenters. The van der Waals surface area contributed by atoms with E-state index in [1.165, 1.54) is 91.2 Å². The standard InChI is InChI=1S/C38H49NO2S/c1-6-7-8-9-10-11-12-13-14-15-22-41-33-18-21-36(37(40)26-33)39-27-32(34-19-16-28(2)23-30(34)4)25-38(42-39)35-20-17-29(3)24-31(35)5/h16-21,23-27,40H,6-15,22H2,1-5H3. The molecule has 1 heterocycles. The van der Waals surface area contributed by atoms with E-state index in [9.17, 15) is 5.11 Å². The van der Waals surface area contributed by atoms with Gasteiger partial charge in [0.15, 0.2) is 0 Å². The van der Waals surface area contributed by atoms with Crippen LogP contribution >= 0.6 is 11.9 Å². The second-order valence-electron chi connectivity index (χ2n) is 11.8. The van der Waals surface area contributed by atoms with Crippen LogP contribution in [0.15, 0.2) is 66.9 Å². The maximum atomic E-state index is 11.1. The van der Waals surface area contributed by atoms with E-state index < -0.39 is 0 Å². The van der Waals surface area contributed by atoms with Crippen molar-refractivity contribution in [2.45, 2.75) is 98.8 Å². The minimum Gasteiger partial charge on any atom is -0.506 e. The van der Waals surface area contributed by atoms with Crippen LogP contribution < -0.4 is 9.04 Å². The van der Waals surface area contributed by atoms with Gasteiger partial charge < -0.3 is 9.84 Å². The number of unbranched alkanes of at least 4 members (excludes halogenated alkanes) is 9. The van der Waals surface area contributed by atoms with Crippen LogP contribution in [0, 0.1) is 27.7 Å². The Morgan fingerprint density at radius 1 is 0.690 bits per heavy atom. The number of anilines is 1. The summed E-state index contributed by atoms with van der Waals surface area (Å²) in [5.74, 6) is 0.944. The van der Waals surface area contributed by atoms with E-state index in [0.29, 0.717) is 6.61 Å². The average Bonchev–Trinajstić information content (AvgIpc) is 2.95. The van der Waals surface area contributed by atoms with Gasteiger partial charge in [-0.2, -0.15) is 0 Å². The Morgan fingerprint density at radius 3 is 1.88 bits per heavy atom. The molecule has 42 heavy (non-hydrogen) atoms. The Kier molecular flexibility index (Phi) is 12.1. The van der Waals surface area contributed by atoms with Gasteiger partial charge in [0.1, 0.15) is 11.5 Å². The number of nitrogens with zero attached hydrogens (tertiary/aromatic N) is 1. The first-order valence-electron chi connectivity index (χ1n) is 15.9. The second-order valence-corrected chi connectivity index (χ2v) is 12.8. The van der Waals surface area contributed by atoms with Crippen LogP contribution in [0.5, 0.6) is 11.5 Å². The zero-order chi connectivity index (χ0) is 29.9. The summed E-state index contributed by atoms with van der Waals surface area (Å²) in [5.41, 5.74) is 9.28. The van der Waals surface area contributed by atoms with Crippen molar-refractivity contribution in [3.63, 3.8) is 0 Å². The Hall–Kier alpha value is -3.11. The number of benzene rings is 3. The van der Waals surface area contributed by atoms with Gasteiger partial charge in [-0.05, 0) is 86.5 Å². The summed E-state index contributed by atoms with van der Waals surface area (Å²) in [6, 6.07) is 18.9. The summed E-state index contributed by atoms with van der Waals surface area (Å²) < 4.78 is 8.11. The molecule has 3 aromatic rings. The molecule has 0 radical (unpaired) electrons. The Bertz CT molecular complexity index is 1390. The van der Waals surface area contributed by atoms with Gasteiger partial charge in [-0.15, -0.1) is 0 Å². The molecule has 1 aliphatic rings. The maximum Gasteiger partial charge on any atom is 0.143 e. The monoisotopic (exact) mass is 583 g/mol. The molecule has 0 unspecified atom stereocenters. The van der Waals surface area contributed by atoms with Gasteiger partial charge in [-0.3, -0.25) is 4.31 Å². The van der Waals surface area contributed by atoms with Crippen molar-refractivity contribution >= 4 is 28.1 Å². The van der Waals surface area contributed by atoms with Gasteiger partial charge in [-0.25, -0.2) is 0 Å². The van der Waals surface area contributed by atoms with E-state index in [2.05, 4.69) is 87.6 Å². The topological polar surface area (TPSA) is 32.7 Å². The van der Waals surface area contributed by atoms with E-state index in [-0.39, 0.29) is 5.75 Å². The summed E-state index contributed by atoms with van der Waals surface area (Å²) in [6.45, 7) is 11.5. The number of hydrogen-bond donors (Lipinski definition) is 1. The number of ether oxygens (including phenoxy) is 1. The van der Waals surface area contributed by atoms with Gasteiger partial charge in [-0.1, -0.05) is 112 Å². The largest absolute Gasteiger partial charge is 0.506 e. The van der Waals surface area contributed by atoms with Crippen molar-refractivity contribution < 1.29 is 9.84 Å². The minimum atomic E-state index is 0.223. The van der Waals surface area contributed by atoms with E-state index in [4.69, 9.17) is 4.74 Å².